The van der Waals surface area contributed by atoms with E-state index in [-0.39, 0.29) is 30.3 Å². The summed E-state index contributed by atoms with van der Waals surface area (Å²) in [6.45, 7) is 3.49. The van der Waals surface area contributed by atoms with E-state index in [1.807, 2.05) is 0 Å². The number of carboxylic acid groups (broad SMARTS) is 2. The molecule has 2 aliphatic heterocycles. The second-order valence-electron chi connectivity index (χ2n) is 8.99. The summed E-state index contributed by atoms with van der Waals surface area (Å²) in [6, 6.07) is 10.8. The van der Waals surface area contributed by atoms with E-state index in [0.717, 1.165) is 11.1 Å². The fourth-order valence-corrected chi connectivity index (χ4v) is 4.86. The Kier molecular flexibility index (Phi) is 8.14. The standard InChI is InChI=1S/2C13H14N2O4/c1-7-8-4-2-3-5-9(8)13(19)15(7)10(12(14)18)6-11(16)17;1-7-8-4-2-3-5-9(8)12(17)15(7)10(13(18)19)6-11(14)16/h2-5,7,10H,6H2,1H3,(H2,14,18)(H,16,17);2-5,7,10H,6H2,1H3,(H2,14,16)(H,18,19). The third-order valence-corrected chi connectivity index (χ3v) is 6.63. The number of hydrogen-bond acceptors (Lipinski definition) is 6. The first-order valence-electron chi connectivity index (χ1n) is 11.7. The van der Waals surface area contributed by atoms with E-state index >= 15 is 0 Å². The van der Waals surface area contributed by atoms with Crippen LogP contribution in [0.15, 0.2) is 48.5 Å². The Morgan fingerprint density at radius 3 is 1.53 bits per heavy atom. The number of nitrogens with two attached hydrogens (primary N) is 2. The monoisotopic (exact) mass is 524 g/mol. The van der Waals surface area contributed by atoms with Gasteiger partial charge in [0.1, 0.15) is 12.1 Å². The van der Waals surface area contributed by atoms with Crippen LogP contribution in [0.4, 0.5) is 0 Å². The Morgan fingerprint density at radius 1 is 0.763 bits per heavy atom. The van der Waals surface area contributed by atoms with Crippen LogP contribution in [-0.4, -0.2) is 67.7 Å². The lowest BCUT2D eigenvalue weighted by molar-refractivity contribution is -0.145. The summed E-state index contributed by atoms with van der Waals surface area (Å²) < 4.78 is 0. The second kappa shape index (κ2) is 11.1. The van der Waals surface area contributed by atoms with Crippen LogP contribution in [0.2, 0.25) is 0 Å². The van der Waals surface area contributed by atoms with Gasteiger partial charge in [0.05, 0.1) is 24.9 Å². The van der Waals surface area contributed by atoms with Crippen LogP contribution in [0, 0.1) is 0 Å². The van der Waals surface area contributed by atoms with Gasteiger partial charge in [-0.15, -0.1) is 0 Å². The van der Waals surface area contributed by atoms with Crippen molar-refractivity contribution in [2.24, 2.45) is 11.5 Å². The van der Waals surface area contributed by atoms with Crippen molar-refractivity contribution in [3.8, 4) is 0 Å². The van der Waals surface area contributed by atoms with Crippen LogP contribution in [0.5, 0.6) is 0 Å². The molecule has 4 rings (SSSR count). The van der Waals surface area contributed by atoms with Gasteiger partial charge in [-0.25, -0.2) is 4.79 Å². The fraction of sp³-hybridized carbons (Fsp3) is 0.308. The van der Waals surface area contributed by atoms with Gasteiger partial charge in [0.2, 0.25) is 11.8 Å². The molecule has 38 heavy (non-hydrogen) atoms. The predicted molar refractivity (Wildman–Crippen MR) is 133 cm³/mol. The van der Waals surface area contributed by atoms with E-state index in [0.29, 0.717) is 11.1 Å². The number of carbonyl (C=O) groups is 6. The quantitative estimate of drug-likeness (QED) is 0.392. The number of amides is 4. The Hall–Kier alpha value is -4.74. The molecule has 0 bridgehead atoms. The highest BCUT2D eigenvalue weighted by Crippen LogP contribution is 2.36. The third-order valence-electron chi connectivity index (χ3n) is 6.63. The number of benzene rings is 2. The largest absolute Gasteiger partial charge is 0.481 e. The van der Waals surface area contributed by atoms with Crippen molar-refractivity contribution < 1.29 is 39.0 Å². The van der Waals surface area contributed by atoms with Crippen LogP contribution in [0.1, 0.15) is 70.6 Å². The highest BCUT2D eigenvalue weighted by atomic mass is 16.4. The highest BCUT2D eigenvalue weighted by molar-refractivity contribution is 6.03. The second-order valence-corrected chi connectivity index (χ2v) is 8.99. The number of hydrogen-bond donors (Lipinski definition) is 4. The molecule has 0 radical (unpaired) electrons. The van der Waals surface area contributed by atoms with Gasteiger partial charge in [-0.1, -0.05) is 36.4 Å². The van der Waals surface area contributed by atoms with Gasteiger partial charge in [-0.3, -0.25) is 24.0 Å². The van der Waals surface area contributed by atoms with E-state index in [1.54, 1.807) is 62.4 Å². The molecule has 200 valence electrons. The van der Waals surface area contributed by atoms with Crippen molar-refractivity contribution >= 4 is 35.6 Å². The van der Waals surface area contributed by atoms with Crippen LogP contribution in [0.25, 0.3) is 0 Å². The van der Waals surface area contributed by atoms with Gasteiger partial charge in [-0.05, 0) is 37.1 Å². The average molecular weight is 525 g/mol. The summed E-state index contributed by atoms with van der Waals surface area (Å²) >= 11 is 0. The molecule has 2 aromatic carbocycles. The molecular formula is C26H28N4O8. The Labute approximate surface area is 217 Å². The molecule has 0 aliphatic carbocycles. The molecule has 2 heterocycles. The first kappa shape index (κ1) is 27.8. The van der Waals surface area contributed by atoms with Crippen molar-refractivity contribution in [2.45, 2.75) is 50.9 Å². The minimum absolute atomic E-state index is 0.354. The predicted octanol–water partition coefficient (Wildman–Crippen LogP) is 1.06. The summed E-state index contributed by atoms with van der Waals surface area (Å²) in [5.41, 5.74) is 12.8. The zero-order chi connectivity index (χ0) is 28.3. The molecule has 2 aromatic rings. The Bertz CT molecular complexity index is 1210. The van der Waals surface area contributed by atoms with Crippen molar-refractivity contribution in [2.75, 3.05) is 0 Å². The molecular weight excluding hydrogens is 496 g/mol. The lowest BCUT2D eigenvalue weighted by Crippen LogP contribution is -2.47. The molecule has 0 saturated carbocycles. The number of fused-ring (bicyclic) bond motifs is 2. The number of nitrogens with zero attached hydrogens (tertiary/aromatic N) is 2. The summed E-state index contributed by atoms with van der Waals surface area (Å²) in [5.74, 6) is -4.68. The topological polar surface area (TPSA) is 201 Å². The fourth-order valence-electron chi connectivity index (χ4n) is 4.86. The molecule has 12 heteroatoms. The number of primary amides is 2. The zero-order valence-electron chi connectivity index (χ0n) is 20.7. The SMILES string of the molecule is CC1c2ccccc2C(=O)N1C(CC(=O)O)C(N)=O.CC1c2ccccc2C(=O)N1C(CC(N)=O)C(=O)O. The van der Waals surface area contributed by atoms with Crippen LogP contribution in [-0.2, 0) is 19.2 Å². The molecule has 0 fully saturated rings. The van der Waals surface area contributed by atoms with Crippen molar-refractivity contribution in [1.82, 2.24) is 9.80 Å². The molecule has 0 saturated heterocycles. The van der Waals surface area contributed by atoms with E-state index in [2.05, 4.69) is 0 Å². The van der Waals surface area contributed by atoms with E-state index in [1.165, 1.54) is 9.80 Å². The number of carbonyl (C=O) groups excluding carboxylic acids is 4. The molecule has 0 spiro atoms. The number of carboxylic acids is 2. The van der Waals surface area contributed by atoms with Gasteiger partial charge >= 0.3 is 11.9 Å². The maximum atomic E-state index is 12.3. The smallest absolute Gasteiger partial charge is 0.326 e. The molecule has 6 N–H and O–H groups in total. The average Bonchev–Trinajstić information content (AvgIpc) is 3.26. The lowest BCUT2D eigenvalue weighted by Gasteiger charge is -2.28. The molecule has 4 atom stereocenters. The number of aliphatic carboxylic acids is 2. The van der Waals surface area contributed by atoms with Crippen LogP contribution >= 0.6 is 0 Å². The van der Waals surface area contributed by atoms with Crippen molar-refractivity contribution in [3.63, 3.8) is 0 Å². The van der Waals surface area contributed by atoms with Gasteiger partial charge < -0.3 is 31.5 Å². The number of rotatable bonds is 8. The van der Waals surface area contributed by atoms with E-state index in [4.69, 9.17) is 16.6 Å². The first-order chi connectivity index (χ1) is 17.9. The van der Waals surface area contributed by atoms with E-state index < -0.39 is 42.3 Å². The minimum atomic E-state index is -1.23. The van der Waals surface area contributed by atoms with Gasteiger partial charge in [0.25, 0.3) is 11.8 Å². The summed E-state index contributed by atoms with van der Waals surface area (Å²) in [6.07, 6.45) is -0.876. The zero-order valence-corrected chi connectivity index (χ0v) is 20.7. The third kappa shape index (κ3) is 5.33. The normalized spacial score (nSPS) is 19.1. The maximum Gasteiger partial charge on any atom is 0.326 e. The van der Waals surface area contributed by atoms with Crippen LogP contribution in [0.3, 0.4) is 0 Å². The molecule has 4 amide bonds. The van der Waals surface area contributed by atoms with Crippen molar-refractivity contribution in [1.29, 1.82) is 0 Å². The summed E-state index contributed by atoms with van der Waals surface area (Å²) in [7, 11) is 0. The van der Waals surface area contributed by atoms with Gasteiger partial charge in [0.15, 0.2) is 0 Å². The molecule has 0 aromatic heterocycles. The van der Waals surface area contributed by atoms with E-state index in [9.17, 15) is 33.9 Å². The van der Waals surface area contributed by atoms with Gasteiger partial charge in [0, 0.05) is 11.1 Å². The highest BCUT2D eigenvalue weighted by Gasteiger charge is 2.42. The van der Waals surface area contributed by atoms with Gasteiger partial charge in [-0.2, -0.15) is 0 Å². The van der Waals surface area contributed by atoms with Crippen molar-refractivity contribution in [3.05, 3.63) is 70.8 Å². The molecule has 2 aliphatic rings. The first-order valence-corrected chi connectivity index (χ1v) is 11.7. The Balaban J connectivity index is 0.000000211. The molecule has 12 nitrogen and oxygen atoms in total. The molecule has 4 unspecified atom stereocenters. The maximum absolute atomic E-state index is 12.3. The summed E-state index contributed by atoms with van der Waals surface area (Å²) in [4.78, 5) is 71.4. The Morgan fingerprint density at radius 2 is 1.18 bits per heavy atom. The minimum Gasteiger partial charge on any atom is -0.481 e. The van der Waals surface area contributed by atoms with Crippen LogP contribution < -0.4 is 11.5 Å². The summed E-state index contributed by atoms with van der Waals surface area (Å²) in [5, 5.41) is 18.0. The lowest BCUT2D eigenvalue weighted by atomic mass is 10.1.